The fourth-order valence-electron chi connectivity index (χ4n) is 3.63. The first kappa shape index (κ1) is 20.7. The number of rotatable bonds is 9. The summed E-state index contributed by atoms with van der Waals surface area (Å²) in [6.45, 7) is -1.06. The minimum absolute atomic E-state index is 0.0690. The van der Waals surface area contributed by atoms with Crippen molar-refractivity contribution >= 4 is 23.7 Å². The summed E-state index contributed by atoms with van der Waals surface area (Å²) < 4.78 is 29.0. The van der Waals surface area contributed by atoms with Crippen LogP contribution in [0.5, 0.6) is 5.75 Å². The number of nitrogens with one attached hydrogen (secondary N) is 3. The maximum Gasteiger partial charge on any atom is 0.387 e. The second-order valence-corrected chi connectivity index (χ2v) is 8.38. The zero-order chi connectivity index (χ0) is 20.1. The summed E-state index contributed by atoms with van der Waals surface area (Å²) in [5, 5.41) is 9.17. The molecule has 0 saturated carbocycles. The zero-order valence-corrected chi connectivity index (χ0v) is 16.4. The monoisotopic (exact) mass is 413 g/mol. The Morgan fingerprint density at radius 3 is 2.96 bits per heavy atom. The van der Waals surface area contributed by atoms with Gasteiger partial charge in [-0.2, -0.15) is 20.5 Å². The van der Waals surface area contributed by atoms with Crippen molar-refractivity contribution in [1.29, 1.82) is 0 Å². The Morgan fingerprint density at radius 2 is 2.18 bits per heavy atom. The van der Waals surface area contributed by atoms with Crippen LogP contribution in [0, 0.1) is 0 Å². The summed E-state index contributed by atoms with van der Waals surface area (Å²) in [5.74, 6) is 0.940. The van der Waals surface area contributed by atoms with Gasteiger partial charge in [-0.25, -0.2) is 4.79 Å². The minimum Gasteiger partial charge on any atom is -0.435 e. The molecule has 0 radical (unpaired) electrons. The summed E-state index contributed by atoms with van der Waals surface area (Å²) in [7, 11) is 0. The molecule has 2 saturated heterocycles. The first-order valence-electron chi connectivity index (χ1n) is 9.45. The molecule has 3 N–H and O–H groups in total. The van der Waals surface area contributed by atoms with E-state index in [9.17, 15) is 18.4 Å². The van der Waals surface area contributed by atoms with Crippen molar-refractivity contribution in [3.63, 3.8) is 0 Å². The molecule has 2 fully saturated rings. The minimum atomic E-state index is -2.87. The number of hydrogen-bond donors (Lipinski definition) is 3. The number of fused-ring (bicyclic) bond motifs is 1. The quantitative estimate of drug-likeness (QED) is 0.429. The highest BCUT2D eigenvalue weighted by molar-refractivity contribution is 8.00. The van der Waals surface area contributed by atoms with E-state index in [1.807, 2.05) is 18.7 Å². The number of carbonyl (C=O) groups excluding carboxylic acids is 2. The van der Waals surface area contributed by atoms with Gasteiger partial charge in [-0.15, -0.1) is 0 Å². The SMILES string of the molecule is C[C@@H](NC(=O)CCCC[C@@H]1SC[C@@H]2NC(=O)N[C@@H]21)c1cccc(OC(F)F)c1. The number of benzene rings is 1. The summed E-state index contributed by atoms with van der Waals surface area (Å²) in [6.07, 6.45) is 3.05. The molecule has 0 spiro atoms. The predicted octanol–water partition coefficient (Wildman–Crippen LogP) is 3.19. The van der Waals surface area contributed by atoms with Gasteiger partial charge in [-0.05, 0) is 37.5 Å². The van der Waals surface area contributed by atoms with Gasteiger partial charge in [0.15, 0.2) is 0 Å². The number of thioether (sulfide) groups is 1. The summed E-state index contributed by atoms with van der Waals surface area (Å²) in [5.41, 5.74) is 0.712. The van der Waals surface area contributed by atoms with E-state index in [1.54, 1.807) is 12.1 Å². The van der Waals surface area contributed by atoms with Gasteiger partial charge < -0.3 is 20.7 Å². The fourth-order valence-corrected chi connectivity index (χ4v) is 5.17. The molecule has 2 aliphatic rings. The average Bonchev–Trinajstić information content (AvgIpc) is 3.18. The maximum atomic E-state index is 12.3. The van der Waals surface area contributed by atoms with E-state index in [-0.39, 0.29) is 35.8 Å². The molecule has 28 heavy (non-hydrogen) atoms. The average molecular weight is 413 g/mol. The van der Waals surface area contributed by atoms with Crippen molar-refractivity contribution in [1.82, 2.24) is 16.0 Å². The van der Waals surface area contributed by atoms with Crippen molar-refractivity contribution in [2.45, 2.75) is 62.6 Å². The molecule has 3 rings (SSSR count). The third-order valence-corrected chi connectivity index (χ3v) is 6.55. The van der Waals surface area contributed by atoms with Crippen molar-refractivity contribution in [3.8, 4) is 5.75 Å². The van der Waals surface area contributed by atoms with Crippen LogP contribution >= 0.6 is 11.8 Å². The van der Waals surface area contributed by atoms with Gasteiger partial charge >= 0.3 is 12.6 Å². The Labute approximate surface area is 167 Å². The largest absolute Gasteiger partial charge is 0.435 e. The van der Waals surface area contributed by atoms with E-state index in [0.29, 0.717) is 17.2 Å². The molecule has 154 valence electrons. The molecule has 0 aromatic heterocycles. The number of halogens is 2. The van der Waals surface area contributed by atoms with Crippen LogP contribution in [-0.4, -0.2) is 41.6 Å². The van der Waals surface area contributed by atoms with Gasteiger partial charge in [0.1, 0.15) is 5.75 Å². The first-order chi connectivity index (χ1) is 13.4. The van der Waals surface area contributed by atoms with Gasteiger partial charge in [0.2, 0.25) is 5.91 Å². The molecule has 9 heteroatoms. The standard InChI is InChI=1S/C19H25F2N3O3S/c1-11(12-5-4-6-13(9-12)27-18(20)21)22-16(25)8-3-2-7-15-17-14(10-28-15)23-19(26)24-17/h4-6,9,11,14-15,17-18H,2-3,7-8,10H2,1H3,(H,22,25)(H2,23,24,26)/t11-,14+,15+,17+/m1/s1. The summed E-state index contributed by atoms with van der Waals surface area (Å²) in [6, 6.07) is 6.38. The van der Waals surface area contributed by atoms with Crippen molar-refractivity contribution in [2.75, 3.05) is 5.75 Å². The molecule has 0 unspecified atom stereocenters. The van der Waals surface area contributed by atoms with Crippen molar-refractivity contribution in [2.24, 2.45) is 0 Å². The normalized spacial score (nSPS) is 24.4. The van der Waals surface area contributed by atoms with E-state index < -0.39 is 6.61 Å². The van der Waals surface area contributed by atoms with E-state index in [4.69, 9.17) is 0 Å². The van der Waals surface area contributed by atoms with E-state index in [2.05, 4.69) is 20.7 Å². The molecule has 1 aromatic carbocycles. The molecule has 0 aliphatic carbocycles. The molecule has 6 nitrogen and oxygen atoms in total. The van der Waals surface area contributed by atoms with Crippen LogP contribution in [0.1, 0.15) is 44.2 Å². The fraction of sp³-hybridized carbons (Fsp3) is 0.579. The molecule has 2 heterocycles. The number of carbonyl (C=O) groups is 2. The van der Waals surface area contributed by atoms with E-state index in [0.717, 1.165) is 25.0 Å². The molecule has 2 aliphatic heterocycles. The molecule has 3 amide bonds. The lowest BCUT2D eigenvalue weighted by Gasteiger charge is -2.17. The number of unbranched alkanes of at least 4 members (excludes halogenated alkanes) is 1. The van der Waals surface area contributed by atoms with Crippen molar-refractivity contribution in [3.05, 3.63) is 29.8 Å². The molecule has 4 atom stereocenters. The smallest absolute Gasteiger partial charge is 0.387 e. The topological polar surface area (TPSA) is 79.5 Å². The first-order valence-corrected chi connectivity index (χ1v) is 10.5. The van der Waals surface area contributed by atoms with Crippen LogP contribution in [0.4, 0.5) is 13.6 Å². The number of ether oxygens (including phenoxy) is 1. The Morgan fingerprint density at radius 1 is 1.36 bits per heavy atom. The lowest BCUT2D eigenvalue weighted by molar-refractivity contribution is -0.121. The van der Waals surface area contributed by atoms with Crippen LogP contribution < -0.4 is 20.7 Å². The molecule has 1 aromatic rings. The third-order valence-electron chi connectivity index (χ3n) is 5.04. The van der Waals surface area contributed by atoms with Gasteiger partial charge in [0.25, 0.3) is 0 Å². The molecular weight excluding hydrogens is 388 g/mol. The Bertz CT molecular complexity index is 707. The van der Waals surface area contributed by atoms with Gasteiger partial charge in [-0.1, -0.05) is 18.6 Å². The maximum absolute atomic E-state index is 12.3. The molecular formula is C19H25F2N3O3S. The van der Waals surface area contributed by atoms with Crippen LogP contribution in [0.2, 0.25) is 0 Å². The van der Waals surface area contributed by atoms with Crippen LogP contribution in [0.25, 0.3) is 0 Å². The highest BCUT2D eigenvalue weighted by Gasteiger charge is 2.42. The number of hydrogen-bond acceptors (Lipinski definition) is 4. The van der Waals surface area contributed by atoms with E-state index >= 15 is 0 Å². The summed E-state index contributed by atoms with van der Waals surface area (Å²) >= 11 is 1.87. The second-order valence-electron chi connectivity index (χ2n) is 7.11. The number of alkyl halides is 2. The Hall–Kier alpha value is -2.03. The highest BCUT2D eigenvalue weighted by Crippen LogP contribution is 2.33. The number of amides is 3. The lowest BCUT2D eigenvalue weighted by atomic mass is 10.0. The van der Waals surface area contributed by atoms with Crippen LogP contribution in [0.15, 0.2) is 24.3 Å². The Kier molecular flexibility index (Phi) is 6.98. The van der Waals surface area contributed by atoms with Gasteiger partial charge in [-0.3, -0.25) is 4.79 Å². The van der Waals surface area contributed by atoms with Gasteiger partial charge in [0, 0.05) is 17.4 Å². The van der Waals surface area contributed by atoms with E-state index in [1.165, 1.54) is 12.1 Å². The molecule has 0 bridgehead atoms. The third kappa shape index (κ3) is 5.50. The highest BCUT2D eigenvalue weighted by atomic mass is 32.2. The lowest BCUT2D eigenvalue weighted by Crippen LogP contribution is -2.36. The van der Waals surface area contributed by atoms with Crippen LogP contribution in [-0.2, 0) is 4.79 Å². The predicted molar refractivity (Wildman–Crippen MR) is 104 cm³/mol. The number of urea groups is 1. The summed E-state index contributed by atoms with van der Waals surface area (Å²) in [4.78, 5) is 23.6. The second kappa shape index (κ2) is 9.45. The Balaban J connectivity index is 1.37. The zero-order valence-electron chi connectivity index (χ0n) is 15.6. The van der Waals surface area contributed by atoms with Gasteiger partial charge in [0.05, 0.1) is 18.1 Å². The van der Waals surface area contributed by atoms with Crippen molar-refractivity contribution < 1.29 is 23.1 Å². The van der Waals surface area contributed by atoms with Crippen LogP contribution in [0.3, 0.4) is 0 Å².